The molecule has 2 aromatic heterocycles. The van der Waals surface area contributed by atoms with Crippen LogP contribution in [0.1, 0.15) is 36.6 Å². The van der Waals surface area contributed by atoms with Crippen molar-refractivity contribution in [2.45, 2.75) is 31.7 Å². The maximum Gasteiger partial charge on any atom is 0.0651 e. The summed E-state index contributed by atoms with van der Waals surface area (Å²) < 4.78 is 0. The molecule has 0 bridgehead atoms. The number of hydrogen-bond acceptors (Lipinski definition) is 3. The van der Waals surface area contributed by atoms with E-state index in [0.717, 1.165) is 16.8 Å². The Morgan fingerprint density at radius 3 is 2.95 bits per heavy atom. The normalized spacial score (nSPS) is 17.3. The molecule has 1 atom stereocenters. The third-order valence-electron chi connectivity index (χ3n) is 4.48. The zero-order valence-corrected chi connectivity index (χ0v) is 12.7. The Labute approximate surface area is 128 Å². The van der Waals surface area contributed by atoms with Crippen molar-refractivity contribution in [3.63, 3.8) is 0 Å². The van der Waals surface area contributed by atoms with Crippen LogP contribution in [0.3, 0.4) is 0 Å². The predicted molar refractivity (Wildman–Crippen MR) is 88.7 cm³/mol. The molecule has 0 amide bonds. The Morgan fingerprint density at radius 1 is 1.24 bits per heavy atom. The van der Waals surface area contributed by atoms with Crippen molar-refractivity contribution in [3.05, 3.63) is 46.8 Å². The summed E-state index contributed by atoms with van der Waals surface area (Å²) in [5, 5.41) is 14.2. The predicted octanol–water partition coefficient (Wildman–Crippen LogP) is 4.97. The van der Waals surface area contributed by atoms with E-state index in [1.165, 1.54) is 36.2 Å². The van der Waals surface area contributed by atoms with Gasteiger partial charge in [0.25, 0.3) is 0 Å². The van der Waals surface area contributed by atoms with Gasteiger partial charge in [-0.05, 0) is 48.4 Å². The van der Waals surface area contributed by atoms with Gasteiger partial charge in [0.15, 0.2) is 0 Å². The highest BCUT2D eigenvalue weighted by Gasteiger charge is 2.27. The number of benzene rings is 1. The minimum absolute atomic E-state index is 0.442. The number of thiophene rings is 1. The van der Waals surface area contributed by atoms with Crippen molar-refractivity contribution in [2.24, 2.45) is 5.92 Å². The first-order chi connectivity index (χ1) is 10.4. The van der Waals surface area contributed by atoms with Gasteiger partial charge in [0, 0.05) is 16.0 Å². The molecule has 0 aliphatic heterocycles. The third kappa shape index (κ3) is 2.56. The van der Waals surface area contributed by atoms with Crippen LogP contribution in [0.25, 0.3) is 10.9 Å². The molecule has 21 heavy (non-hydrogen) atoms. The molecule has 0 spiro atoms. The van der Waals surface area contributed by atoms with E-state index in [4.69, 9.17) is 0 Å². The first-order valence-corrected chi connectivity index (χ1v) is 8.51. The number of hydrogen-bond donors (Lipinski definition) is 2. The SMILES string of the molecule is c1csc(C(Nc2ccc3[nH]ncc3c2)C2CCCC2)c1. The Hall–Kier alpha value is -1.81. The topological polar surface area (TPSA) is 40.7 Å². The summed E-state index contributed by atoms with van der Waals surface area (Å²) >= 11 is 1.86. The Balaban J connectivity index is 1.63. The average Bonchev–Trinajstić information content (AvgIpc) is 3.24. The van der Waals surface area contributed by atoms with Crippen LogP contribution in [0.4, 0.5) is 5.69 Å². The molecule has 0 saturated heterocycles. The minimum Gasteiger partial charge on any atom is -0.377 e. The highest BCUT2D eigenvalue weighted by Crippen LogP contribution is 2.39. The van der Waals surface area contributed by atoms with Gasteiger partial charge in [-0.3, -0.25) is 5.10 Å². The molecule has 2 heterocycles. The summed E-state index contributed by atoms with van der Waals surface area (Å²) in [7, 11) is 0. The molecule has 108 valence electrons. The smallest absolute Gasteiger partial charge is 0.0651 e. The largest absolute Gasteiger partial charge is 0.377 e. The summed E-state index contributed by atoms with van der Waals surface area (Å²) in [6.07, 6.45) is 7.30. The van der Waals surface area contributed by atoms with Crippen LogP contribution < -0.4 is 5.32 Å². The second-order valence-corrected chi connectivity index (χ2v) is 6.83. The molecule has 2 N–H and O–H groups in total. The van der Waals surface area contributed by atoms with Gasteiger partial charge in [-0.1, -0.05) is 18.9 Å². The van der Waals surface area contributed by atoms with Gasteiger partial charge in [0.05, 0.1) is 17.8 Å². The minimum atomic E-state index is 0.442. The molecule has 3 aromatic rings. The number of rotatable bonds is 4. The van der Waals surface area contributed by atoms with Crippen molar-refractivity contribution >= 4 is 27.9 Å². The van der Waals surface area contributed by atoms with Crippen molar-refractivity contribution in [3.8, 4) is 0 Å². The van der Waals surface area contributed by atoms with Gasteiger partial charge in [0.2, 0.25) is 0 Å². The fourth-order valence-corrected chi connectivity index (χ4v) is 4.26. The highest BCUT2D eigenvalue weighted by molar-refractivity contribution is 7.10. The standard InChI is InChI=1S/C17H19N3S/c1-2-5-12(4-1)17(16-6-3-9-21-16)19-14-7-8-15-13(10-14)11-18-20-15/h3,6-12,17,19H,1-2,4-5H2,(H,18,20). The van der Waals surface area contributed by atoms with E-state index in [2.05, 4.69) is 51.2 Å². The zero-order chi connectivity index (χ0) is 14.1. The summed E-state index contributed by atoms with van der Waals surface area (Å²) in [4.78, 5) is 1.45. The van der Waals surface area contributed by atoms with E-state index in [1.807, 2.05) is 17.5 Å². The number of H-pyrrole nitrogens is 1. The fraction of sp³-hybridized carbons (Fsp3) is 0.353. The van der Waals surface area contributed by atoms with Crippen LogP contribution >= 0.6 is 11.3 Å². The summed E-state index contributed by atoms with van der Waals surface area (Å²) in [6.45, 7) is 0. The maximum atomic E-state index is 4.10. The number of fused-ring (bicyclic) bond motifs is 1. The quantitative estimate of drug-likeness (QED) is 0.714. The Kier molecular flexibility index (Phi) is 3.39. The van der Waals surface area contributed by atoms with Gasteiger partial charge in [-0.25, -0.2) is 0 Å². The highest BCUT2D eigenvalue weighted by atomic mass is 32.1. The van der Waals surface area contributed by atoms with Crippen LogP contribution in [0.2, 0.25) is 0 Å². The maximum absolute atomic E-state index is 4.10. The second-order valence-electron chi connectivity index (χ2n) is 5.85. The van der Waals surface area contributed by atoms with Crippen molar-refractivity contribution in [2.75, 3.05) is 5.32 Å². The van der Waals surface area contributed by atoms with Crippen LogP contribution in [0.5, 0.6) is 0 Å². The lowest BCUT2D eigenvalue weighted by Gasteiger charge is -2.25. The average molecular weight is 297 g/mol. The van der Waals surface area contributed by atoms with Crippen LogP contribution in [0.15, 0.2) is 41.9 Å². The third-order valence-corrected chi connectivity index (χ3v) is 5.44. The van der Waals surface area contributed by atoms with Crippen LogP contribution in [0, 0.1) is 5.92 Å². The molecule has 4 heteroatoms. The molecule has 1 aliphatic carbocycles. The molecule has 4 rings (SSSR count). The first kappa shape index (κ1) is 12.9. The van der Waals surface area contributed by atoms with Crippen molar-refractivity contribution in [1.29, 1.82) is 0 Å². The fourth-order valence-electron chi connectivity index (χ4n) is 3.39. The summed E-state index contributed by atoms with van der Waals surface area (Å²) in [5.74, 6) is 0.753. The molecule has 3 nitrogen and oxygen atoms in total. The zero-order valence-electron chi connectivity index (χ0n) is 11.9. The molecule has 1 aliphatic rings. The van der Waals surface area contributed by atoms with Gasteiger partial charge >= 0.3 is 0 Å². The first-order valence-electron chi connectivity index (χ1n) is 7.63. The van der Waals surface area contributed by atoms with Gasteiger partial charge in [-0.15, -0.1) is 11.3 Å². The number of aromatic amines is 1. The molecular formula is C17H19N3S. The van der Waals surface area contributed by atoms with Gasteiger partial charge < -0.3 is 5.32 Å². The van der Waals surface area contributed by atoms with E-state index in [-0.39, 0.29) is 0 Å². The number of nitrogens with zero attached hydrogens (tertiary/aromatic N) is 1. The molecule has 1 fully saturated rings. The number of nitrogens with one attached hydrogen (secondary N) is 2. The molecular weight excluding hydrogens is 278 g/mol. The Bertz CT molecular complexity index is 711. The monoisotopic (exact) mass is 297 g/mol. The van der Waals surface area contributed by atoms with E-state index in [1.54, 1.807) is 0 Å². The summed E-state index contributed by atoms with van der Waals surface area (Å²) in [5.41, 5.74) is 2.28. The molecule has 1 saturated carbocycles. The molecule has 1 aromatic carbocycles. The van der Waals surface area contributed by atoms with E-state index >= 15 is 0 Å². The molecule has 1 unspecified atom stereocenters. The van der Waals surface area contributed by atoms with Crippen LogP contribution in [-0.2, 0) is 0 Å². The number of anilines is 1. The number of aromatic nitrogens is 2. The van der Waals surface area contributed by atoms with Crippen molar-refractivity contribution in [1.82, 2.24) is 10.2 Å². The summed E-state index contributed by atoms with van der Waals surface area (Å²) in [6, 6.07) is 11.3. The lowest BCUT2D eigenvalue weighted by atomic mass is 9.96. The van der Waals surface area contributed by atoms with E-state index in [0.29, 0.717) is 6.04 Å². The lowest BCUT2D eigenvalue weighted by Crippen LogP contribution is -2.17. The van der Waals surface area contributed by atoms with E-state index in [9.17, 15) is 0 Å². The lowest BCUT2D eigenvalue weighted by molar-refractivity contribution is 0.475. The Morgan fingerprint density at radius 2 is 2.14 bits per heavy atom. The van der Waals surface area contributed by atoms with Gasteiger partial charge in [0.1, 0.15) is 0 Å². The second kappa shape index (κ2) is 5.53. The van der Waals surface area contributed by atoms with Crippen LogP contribution in [-0.4, -0.2) is 10.2 Å². The van der Waals surface area contributed by atoms with Crippen molar-refractivity contribution < 1.29 is 0 Å². The molecule has 0 radical (unpaired) electrons. The van der Waals surface area contributed by atoms with Gasteiger partial charge in [-0.2, -0.15) is 5.10 Å². The van der Waals surface area contributed by atoms with E-state index < -0.39 is 0 Å².